The molecule has 0 fully saturated rings. The lowest BCUT2D eigenvalue weighted by Crippen LogP contribution is -1.90. The summed E-state index contributed by atoms with van der Waals surface area (Å²) in [5.74, 6) is 0.286. The topological polar surface area (TPSA) is 9.23 Å². The molecular formula is C10H11FO. The molecule has 0 bridgehead atoms. The third-order valence-corrected chi connectivity index (χ3v) is 1.65. The number of rotatable bonds is 2. The van der Waals surface area contributed by atoms with E-state index < -0.39 is 0 Å². The normalized spacial score (nSPS) is 9.58. The average molecular weight is 166 g/mol. The lowest BCUT2D eigenvalue weighted by Gasteiger charge is -2.06. The van der Waals surface area contributed by atoms with Crippen LogP contribution in [0.5, 0.6) is 5.75 Å². The lowest BCUT2D eigenvalue weighted by atomic mass is 10.1. The molecule has 0 aromatic heterocycles. The van der Waals surface area contributed by atoms with Crippen LogP contribution in [0.2, 0.25) is 0 Å². The zero-order valence-electron chi connectivity index (χ0n) is 7.23. The first-order valence-corrected chi connectivity index (χ1v) is 3.69. The predicted molar refractivity (Wildman–Crippen MR) is 46.7 cm³/mol. The molecule has 0 saturated carbocycles. The zero-order valence-corrected chi connectivity index (χ0v) is 7.23. The number of ether oxygens (including phenoxy) is 1. The summed E-state index contributed by atoms with van der Waals surface area (Å²) in [4.78, 5) is 0. The summed E-state index contributed by atoms with van der Waals surface area (Å²) in [6.07, 6.45) is 1.29. The first-order valence-electron chi connectivity index (χ1n) is 3.69. The number of hydrogen-bond acceptors (Lipinski definition) is 1. The van der Waals surface area contributed by atoms with Gasteiger partial charge in [0.1, 0.15) is 11.6 Å². The maximum atomic E-state index is 13.0. The van der Waals surface area contributed by atoms with Crippen molar-refractivity contribution in [3.8, 4) is 5.75 Å². The Morgan fingerprint density at radius 2 is 2.08 bits per heavy atom. The molecule has 0 aliphatic carbocycles. The van der Waals surface area contributed by atoms with Crippen LogP contribution in [0.25, 0.3) is 0 Å². The van der Waals surface area contributed by atoms with E-state index in [0.29, 0.717) is 11.3 Å². The number of halogens is 1. The van der Waals surface area contributed by atoms with Crippen molar-refractivity contribution in [3.63, 3.8) is 0 Å². The van der Waals surface area contributed by atoms with E-state index in [0.717, 1.165) is 5.56 Å². The number of hydrogen-bond donors (Lipinski definition) is 0. The van der Waals surface area contributed by atoms with Crippen molar-refractivity contribution in [2.24, 2.45) is 0 Å². The molecule has 2 heteroatoms. The van der Waals surface area contributed by atoms with E-state index in [1.165, 1.54) is 12.3 Å². The summed E-state index contributed by atoms with van der Waals surface area (Å²) in [5, 5.41) is 0. The van der Waals surface area contributed by atoms with Crippen molar-refractivity contribution in [2.45, 2.75) is 13.8 Å². The van der Waals surface area contributed by atoms with E-state index >= 15 is 0 Å². The molecule has 0 atom stereocenters. The second-order valence-electron chi connectivity index (χ2n) is 2.65. The molecule has 0 spiro atoms. The molecule has 0 amide bonds. The Labute approximate surface area is 71.5 Å². The Hall–Kier alpha value is -1.31. The molecule has 0 aliphatic rings. The lowest BCUT2D eigenvalue weighted by molar-refractivity contribution is 0.471. The summed E-state index contributed by atoms with van der Waals surface area (Å²) < 4.78 is 18.1. The third-order valence-electron chi connectivity index (χ3n) is 1.65. The second kappa shape index (κ2) is 3.39. The van der Waals surface area contributed by atoms with Gasteiger partial charge >= 0.3 is 0 Å². The quantitative estimate of drug-likeness (QED) is 0.614. The van der Waals surface area contributed by atoms with E-state index in [1.54, 1.807) is 13.0 Å². The highest BCUT2D eigenvalue weighted by atomic mass is 19.1. The van der Waals surface area contributed by atoms with Crippen molar-refractivity contribution in [3.05, 3.63) is 41.9 Å². The van der Waals surface area contributed by atoms with Gasteiger partial charge in [-0.2, -0.15) is 0 Å². The van der Waals surface area contributed by atoms with Gasteiger partial charge in [0.05, 0.1) is 6.26 Å². The van der Waals surface area contributed by atoms with Gasteiger partial charge in [0.2, 0.25) is 0 Å². The Kier molecular flexibility index (Phi) is 2.48. The van der Waals surface area contributed by atoms with E-state index in [2.05, 4.69) is 6.58 Å². The van der Waals surface area contributed by atoms with Gasteiger partial charge in [-0.3, -0.25) is 0 Å². The van der Waals surface area contributed by atoms with Gasteiger partial charge < -0.3 is 4.74 Å². The predicted octanol–water partition coefficient (Wildman–Crippen LogP) is 2.96. The van der Waals surface area contributed by atoms with Crippen LogP contribution < -0.4 is 4.74 Å². The summed E-state index contributed by atoms with van der Waals surface area (Å²) in [5.41, 5.74) is 1.36. The highest BCUT2D eigenvalue weighted by molar-refractivity contribution is 5.37. The van der Waals surface area contributed by atoms with Gasteiger partial charge in [0, 0.05) is 5.56 Å². The van der Waals surface area contributed by atoms with Gasteiger partial charge in [-0.25, -0.2) is 4.39 Å². The molecule has 0 saturated heterocycles. The van der Waals surface area contributed by atoms with Crippen LogP contribution in [0, 0.1) is 19.7 Å². The number of benzene rings is 1. The summed E-state index contributed by atoms with van der Waals surface area (Å²) in [6, 6.07) is 3.26. The highest BCUT2D eigenvalue weighted by Gasteiger charge is 2.04. The Balaban J connectivity index is 3.17. The fourth-order valence-electron chi connectivity index (χ4n) is 0.995. The SMILES string of the molecule is C=COc1cc(C)cc(F)c1C. The van der Waals surface area contributed by atoms with E-state index in [9.17, 15) is 4.39 Å². The zero-order chi connectivity index (χ0) is 9.14. The minimum Gasteiger partial charge on any atom is -0.465 e. The standard InChI is InChI=1S/C10H11FO/c1-4-12-10-6-7(2)5-9(11)8(10)3/h4-6H,1H2,2-3H3. The van der Waals surface area contributed by atoms with Crippen LogP contribution in [-0.4, -0.2) is 0 Å². The highest BCUT2D eigenvalue weighted by Crippen LogP contribution is 2.22. The minimum absolute atomic E-state index is 0.244. The summed E-state index contributed by atoms with van der Waals surface area (Å²) >= 11 is 0. The minimum atomic E-state index is -0.244. The van der Waals surface area contributed by atoms with Crippen LogP contribution in [0.1, 0.15) is 11.1 Å². The first-order chi connectivity index (χ1) is 5.65. The smallest absolute Gasteiger partial charge is 0.132 e. The van der Waals surface area contributed by atoms with Gasteiger partial charge in [-0.05, 0) is 31.5 Å². The molecule has 1 aromatic rings. The van der Waals surface area contributed by atoms with Gasteiger partial charge in [0.25, 0.3) is 0 Å². The molecule has 1 rings (SSSR count). The molecule has 1 nitrogen and oxygen atoms in total. The molecule has 0 aliphatic heterocycles. The molecule has 64 valence electrons. The van der Waals surface area contributed by atoms with Crippen LogP contribution in [0.15, 0.2) is 25.0 Å². The third kappa shape index (κ3) is 1.64. The molecular weight excluding hydrogens is 155 g/mol. The fraction of sp³-hybridized carbons (Fsp3) is 0.200. The van der Waals surface area contributed by atoms with Crippen LogP contribution in [0.4, 0.5) is 4.39 Å². The van der Waals surface area contributed by atoms with Crippen molar-refractivity contribution in [1.82, 2.24) is 0 Å². The van der Waals surface area contributed by atoms with Gasteiger partial charge in [0.15, 0.2) is 0 Å². The van der Waals surface area contributed by atoms with E-state index in [4.69, 9.17) is 4.74 Å². The van der Waals surface area contributed by atoms with Gasteiger partial charge in [-0.15, -0.1) is 0 Å². The molecule has 12 heavy (non-hydrogen) atoms. The Morgan fingerprint density at radius 1 is 1.42 bits per heavy atom. The van der Waals surface area contributed by atoms with Crippen molar-refractivity contribution >= 4 is 0 Å². The molecule has 0 radical (unpaired) electrons. The van der Waals surface area contributed by atoms with Crippen molar-refractivity contribution in [1.29, 1.82) is 0 Å². The number of aryl methyl sites for hydroxylation is 1. The summed E-state index contributed by atoms with van der Waals surface area (Å²) in [6.45, 7) is 6.90. The largest absolute Gasteiger partial charge is 0.465 e. The first kappa shape index (κ1) is 8.78. The maximum Gasteiger partial charge on any atom is 0.132 e. The second-order valence-corrected chi connectivity index (χ2v) is 2.65. The van der Waals surface area contributed by atoms with Crippen LogP contribution in [-0.2, 0) is 0 Å². The van der Waals surface area contributed by atoms with Crippen LogP contribution in [0.3, 0.4) is 0 Å². The molecule has 0 N–H and O–H groups in total. The van der Waals surface area contributed by atoms with Gasteiger partial charge in [-0.1, -0.05) is 6.58 Å². The van der Waals surface area contributed by atoms with E-state index in [-0.39, 0.29) is 5.82 Å². The Morgan fingerprint density at radius 3 is 2.67 bits per heavy atom. The molecule has 1 aromatic carbocycles. The summed E-state index contributed by atoms with van der Waals surface area (Å²) in [7, 11) is 0. The average Bonchev–Trinajstić information content (AvgIpc) is 2.00. The fourth-order valence-corrected chi connectivity index (χ4v) is 0.995. The molecule has 0 heterocycles. The van der Waals surface area contributed by atoms with Crippen molar-refractivity contribution < 1.29 is 9.13 Å². The van der Waals surface area contributed by atoms with E-state index in [1.807, 2.05) is 6.92 Å². The maximum absolute atomic E-state index is 13.0. The van der Waals surface area contributed by atoms with Crippen molar-refractivity contribution in [2.75, 3.05) is 0 Å². The van der Waals surface area contributed by atoms with Crippen LogP contribution >= 0.6 is 0 Å². The Bertz CT molecular complexity index is 305. The monoisotopic (exact) mass is 166 g/mol. The molecule has 0 unspecified atom stereocenters.